The van der Waals surface area contributed by atoms with Crippen molar-refractivity contribution in [1.29, 1.82) is 0 Å². The summed E-state index contributed by atoms with van der Waals surface area (Å²) in [5.41, 5.74) is 0. The molecule has 0 heterocycles. The lowest BCUT2D eigenvalue weighted by Crippen LogP contribution is -2.11. The SMILES string of the molecule is C=C[C@@H](CO)[C@@H](C)CC. The van der Waals surface area contributed by atoms with Crippen LogP contribution in [-0.2, 0) is 0 Å². The molecule has 0 aliphatic rings. The van der Waals surface area contributed by atoms with E-state index in [9.17, 15) is 0 Å². The zero-order valence-corrected chi connectivity index (χ0v) is 6.30. The minimum Gasteiger partial charge on any atom is -0.396 e. The molecule has 0 spiro atoms. The summed E-state index contributed by atoms with van der Waals surface area (Å²) in [7, 11) is 0. The highest BCUT2D eigenvalue weighted by atomic mass is 16.3. The first-order valence-electron chi connectivity index (χ1n) is 3.49. The van der Waals surface area contributed by atoms with E-state index in [4.69, 9.17) is 5.11 Å². The van der Waals surface area contributed by atoms with Crippen LogP contribution in [0.2, 0.25) is 0 Å². The van der Waals surface area contributed by atoms with Crippen molar-refractivity contribution < 1.29 is 5.11 Å². The number of hydrogen-bond acceptors (Lipinski definition) is 1. The molecule has 0 fully saturated rings. The molecule has 0 unspecified atom stereocenters. The monoisotopic (exact) mass is 128 g/mol. The first-order chi connectivity index (χ1) is 4.26. The molecule has 0 bridgehead atoms. The first kappa shape index (κ1) is 8.70. The average Bonchev–Trinajstić information content (AvgIpc) is 1.90. The second kappa shape index (κ2) is 4.57. The highest BCUT2D eigenvalue weighted by molar-refractivity contribution is 4.81. The van der Waals surface area contributed by atoms with E-state index in [0.717, 1.165) is 6.42 Å². The van der Waals surface area contributed by atoms with Crippen LogP contribution in [0.15, 0.2) is 12.7 Å². The van der Waals surface area contributed by atoms with Crippen molar-refractivity contribution in [2.75, 3.05) is 6.61 Å². The van der Waals surface area contributed by atoms with Gasteiger partial charge in [-0.3, -0.25) is 0 Å². The van der Waals surface area contributed by atoms with Crippen LogP contribution in [0, 0.1) is 11.8 Å². The molecule has 0 aromatic rings. The molecule has 1 nitrogen and oxygen atoms in total. The Morgan fingerprint density at radius 2 is 2.22 bits per heavy atom. The fourth-order valence-corrected chi connectivity index (χ4v) is 0.790. The van der Waals surface area contributed by atoms with Crippen LogP contribution in [0.25, 0.3) is 0 Å². The number of hydrogen-bond donors (Lipinski definition) is 1. The summed E-state index contributed by atoms with van der Waals surface area (Å²) in [6, 6.07) is 0. The lowest BCUT2D eigenvalue weighted by molar-refractivity contribution is 0.212. The Hall–Kier alpha value is -0.300. The first-order valence-corrected chi connectivity index (χ1v) is 3.49. The van der Waals surface area contributed by atoms with Crippen LogP contribution >= 0.6 is 0 Å². The van der Waals surface area contributed by atoms with Crippen LogP contribution < -0.4 is 0 Å². The molecular weight excluding hydrogens is 112 g/mol. The molecule has 0 aliphatic carbocycles. The summed E-state index contributed by atoms with van der Waals surface area (Å²) in [5.74, 6) is 0.850. The van der Waals surface area contributed by atoms with Gasteiger partial charge in [0.1, 0.15) is 0 Å². The molecule has 0 aromatic carbocycles. The van der Waals surface area contributed by atoms with Crippen LogP contribution in [0.1, 0.15) is 20.3 Å². The van der Waals surface area contributed by atoms with Gasteiger partial charge in [-0.05, 0) is 5.92 Å². The summed E-state index contributed by atoms with van der Waals surface area (Å²) in [6.07, 6.45) is 2.94. The van der Waals surface area contributed by atoms with E-state index in [1.807, 2.05) is 6.08 Å². The number of rotatable bonds is 4. The highest BCUT2D eigenvalue weighted by Crippen LogP contribution is 2.14. The fraction of sp³-hybridized carbons (Fsp3) is 0.750. The van der Waals surface area contributed by atoms with Gasteiger partial charge in [0.15, 0.2) is 0 Å². The molecule has 0 amide bonds. The Bertz CT molecular complexity index is 78.6. The highest BCUT2D eigenvalue weighted by Gasteiger charge is 2.09. The standard InChI is InChI=1S/C8H16O/c1-4-7(3)8(5-2)6-9/h5,7-9H,2,4,6H2,1,3H3/t7-,8-/m0/s1. The van der Waals surface area contributed by atoms with Crippen molar-refractivity contribution in [3.63, 3.8) is 0 Å². The molecule has 2 atom stereocenters. The Labute approximate surface area is 57.4 Å². The summed E-state index contributed by atoms with van der Waals surface area (Å²) < 4.78 is 0. The summed E-state index contributed by atoms with van der Waals surface area (Å²) in [5, 5.41) is 8.76. The maximum absolute atomic E-state index is 8.76. The Balaban J connectivity index is 3.63. The van der Waals surface area contributed by atoms with Crippen LogP contribution in [0.3, 0.4) is 0 Å². The molecule has 0 saturated carbocycles. The predicted octanol–water partition coefficient (Wildman–Crippen LogP) is 1.83. The fourth-order valence-electron chi connectivity index (χ4n) is 0.790. The molecule has 0 rings (SSSR count). The van der Waals surface area contributed by atoms with Crippen LogP contribution in [0.4, 0.5) is 0 Å². The normalized spacial score (nSPS) is 16.8. The van der Waals surface area contributed by atoms with Gasteiger partial charge in [0.05, 0.1) is 0 Å². The van der Waals surface area contributed by atoms with Gasteiger partial charge < -0.3 is 5.11 Å². The van der Waals surface area contributed by atoms with Crippen molar-refractivity contribution in [3.8, 4) is 0 Å². The van der Waals surface area contributed by atoms with E-state index in [-0.39, 0.29) is 12.5 Å². The van der Waals surface area contributed by atoms with E-state index in [1.54, 1.807) is 0 Å². The van der Waals surface area contributed by atoms with Crippen LogP contribution in [0.5, 0.6) is 0 Å². The maximum atomic E-state index is 8.76. The summed E-state index contributed by atoms with van der Waals surface area (Å²) in [6.45, 7) is 8.12. The average molecular weight is 128 g/mol. The van der Waals surface area contributed by atoms with E-state index < -0.39 is 0 Å². The van der Waals surface area contributed by atoms with Gasteiger partial charge in [0.2, 0.25) is 0 Å². The third-order valence-corrected chi connectivity index (χ3v) is 1.89. The van der Waals surface area contributed by atoms with Gasteiger partial charge in [-0.1, -0.05) is 26.3 Å². The Morgan fingerprint density at radius 3 is 2.33 bits per heavy atom. The van der Waals surface area contributed by atoms with Gasteiger partial charge in [-0.15, -0.1) is 6.58 Å². The zero-order valence-electron chi connectivity index (χ0n) is 6.30. The van der Waals surface area contributed by atoms with Crippen molar-refractivity contribution in [3.05, 3.63) is 12.7 Å². The zero-order chi connectivity index (χ0) is 7.28. The van der Waals surface area contributed by atoms with Gasteiger partial charge in [0, 0.05) is 12.5 Å². The van der Waals surface area contributed by atoms with Gasteiger partial charge >= 0.3 is 0 Å². The molecule has 1 heteroatoms. The lowest BCUT2D eigenvalue weighted by Gasteiger charge is -2.15. The summed E-state index contributed by atoms with van der Waals surface area (Å²) >= 11 is 0. The second-order valence-corrected chi connectivity index (χ2v) is 2.47. The second-order valence-electron chi connectivity index (χ2n) is 2.47. The molecule has 54 valence electrons. The summed E-state index contributed by atoms with van der Waals surface area (Å²) in [4.78, 5) is 0. The molecular formula is C8H16O. The maximum Gasteiger partial charge on any atom is 0.0496 e. The van der Waals surface area contributed by atoms with Crippen molar-refractivity contribution in [1.82, 2.24) is 0 Å². The van der Waals surface area contributed by atoms with E-state index in [0.29, 0.717) is 5.92 Å². The van der Waals surface area contributed by atoms with Crippen molar-refractivity contribution in [2.45, 2.75) is 20.3 Å². The van der Waals surface area contributed by atoms with Crippen LogP contribution in [-0.4, -0.2) is 11.7 Å². The largest absolute Gasteiger partial charge is 0.396 e. The van der Waals surface area contributed by atoms with Gasteiger partial charge in [0.25, 0.3) is 0 Å². The number of aliphatic hydroxyl groups excluding tert-OH is 1. The lowest BCUT2D eigenvalue weighted by atomic mass is 9.93. The predicted molar refractivity (Wildman–Crippen MR) is 40.2 cm³/mol. The van der Waals surface area contributed by atoms with E-state index in [1.165, 1.54) is 0 Å². The third kappa shape index (κ3) is 2.66. The minimum absolute atomic E-state index is 0.235. The molecule has 0 saturated heterocycles. The smallest absolute Gasteiger partial charge is 0.0496 e. The molecule has 9 heavy (non-hydrogen) atoms. The molecule has 0 aliphatic heterocycles. The number of aliphatic hydroxyl groups is 1. The van der Waals surface area contributed by atoms with Gasteiger partial charge in [-0.2, -0.15) is 0 Å². The Kier molecular flexibility index (Phi) is 4.41. The third-order valence-electron chi connectivity index (χ3n) is 1.89. The molecule has 0 radical (unpaired) electrons. The molecule has 1 N–H and O–H groups in total. The van der Waals surface area contributed by atoms with Gasteiger partial charge in [-0.25, -0.2) is 0 Å². The van der Waals surface area contributed by atoms with E-state index in [2.05, 4.69) is 20.4 Å². The van der Waals surface area contributed by atoms with Crippen molar-refractivity contribution in [2.24, 2.45) is 11.8 Å². The topological polar surface area (TPSA) is 20.2 Å². The van der Waals surface area contributed by atoms with Crippen molar-refractivity contribution >= 4 is 0 Å². The Morgan fingerprint density at radius 1 is 1.67 bits per heavy atom. The molecule has 0 aromatic heterocycles. The quantitative estimate of drug-likeness (QED) is 0.573. The van der Waals surface area contributed by atoms with E-state index >= 15 is 0 Å². The minimum atomic E-state index is 0.235.